The molecule has 0 bridgehead atoms. The Kier molecular flexibility index (Phi) is 4.81. The Morgan fingerprint density at radius 1 is 1.48 bits per heavy atom. The number of nitriles is 1. The van der Waals surface area contributed by atoms with Crippen LogP contribution in [0, 0.1) is 11.3 Å². The number of aliphatic hydroxyl groups excluding tert-OH is 1. The van der Waals surface area contributed by atoms with Gasteiger partial charge in [-0.3, -0.25) is 4.79 Å². The zero-order valence-corrected chi connectivity index (χ0v) is 12.5. The third-order valence-corrected chi connectivity index (χ3v) is 3.85. The van der Waals surface area contributed by atoms with E-state index in [1.54, 1.807) is 25.1 Å². The van der Waals surface area contributed by atoms with Crippen LogP contribution in [0.3, 0.4) is 0 Å². The molecule has 1 unspecified atom stereocenters. The number of carbonyl (C=O) groups is 1. The normalized spacial score (nSPS) is 15.6. The third-order valence-electron chi connectivity index (χ3n) is 3.85. The molecule has 5 nitrogen and oxygen atoms in total. The molecule has 1 N–H and O–H groups in total. The first-order valence-electron chi connectivity index (χ1n) is 7.24. The minimum absolute atomic E-state index is 0.0916. The molecule has 1 saturated heterocycles. The second-order valence-corrected chi connectivity index (χ2v) is 5.51. The van der Waals surface area contributed by atoms with Crippen LogP contribution in [0.2, 0.25) is 0 Å². The number of nitrogens with zero attached hydrogens (tertiary/aromatic N) is 3. The molecular formula is C16H21N3O2. The van der Waals surface area contributed by atoms with Crippen LogP contribution in [-0.2, 0) is 4.79 Å². The van der Waals surface area contributed by atoms with Gasteiger partial charge in [-0.1, -0.05) is 6.07 Å². The highest BCUT2D eigenvalue weighted by Gasteiger charge is 2.21. The molecule has 1 aromatic carbocycles. The van der Waals surface area contributed by atoms with Gasteiger partial charge in [0.1, 0.15) is 0 Å². The van der Waals surface area contributed by atoms with Gasteiger partial charge in [0.15, 0.2) is 0 Å². The van der Waals surface area contributed by atoms with Gasteiger partial charge in [0.05, 0.1) is 24.3 Å². The summed E-state index contributed by atoms with van der Waals surface area (Å²) in [5, 5.41) is 18.9. The minimum atomic E-state index is -0.642. The molecule has 1 aliphatic rings. The third kappa shape index (κ3) is 3.53. The van der Waals surface area contributed by atoms with Crippen molar-refractivity contribution >= 4 is 11.6 Å². The van der Waals surface area contributed by atoms with E-state index in [2.05, 4.69) is 6.07 Å². The van der Waals surface area contributed by atoms with E-state index >= 15 is 0 Å². The predicted octanol–water partition coefficient (Wildman–Crippen LogP) is 1.67. The summed E-state index contributed by atoms with van der Waals surface area (Å²) < 4.78 is 0. The molecule has 112 valence electrons. The molecule has 1 atom stereocenters. The molecule has 0 aromatic heterocycles. The quantitative estimate of drug-likeness (QED) is 0.914. The molecule has 1 aliphatic heterocycles. The lowest BCUT2D eigenvalue weighted by Gasteiger charge is -2.25. The molecule has 0 aliphatic carbocycles. The summed E-state index contributed by atoms with van der Waals surface area (Å²) in [6, 6.07) is 7.24. The average Bonchev–Trinajstić information content (AvgIpc) is 3.00. The first-order chi connectivity index (χ1) is 10.0. The Balaban J connectivity index is 2.18. The van der Waals surface area contributed by atoms with E-state index in [0.29, 0.717) is 5.56 Å². The average molecular weight is 287 g/mol. The fourth-order valence-electron chi connectivity index (χ4n) is 2.65. The number of aliphatic hydroxyl groups is 1. The first kappa shape index (κ1) is 15.3. The number of likely N-dealkylation sites (tertiary alicyclic amines) is 1. The number of likely N-dealkylation sites (N-methyl/N-ethyl adjacent to an activating group) is 1. The SMILES string of the molecule is CC(O)c1ccc(C#N)cc1N(C)CC(=O)N1CCCC1. The molecule has 2 rings (SSSR count). The van der Waals surface area contributed by atoms with E-state index in [4.69, 9.17) is 5.26 Å². The molecule has 21 heavy (non-hydrogen) atoms. The van der Waals surface area contributed by atoms with Crippen LogP contribution in [0.5, 0.6) is 0 Å². The zero-order chi connectivity index (χ0) is 15.4. The van der Waals surface area contributed by atoms with Crippen LogP contribution < -0.4 is 4.90 Å². The highest BCUT2D eigenvalue weighted by atomic mass is 16.3. The number of rotatable bonds is 4. The van der Waals surface area contributed by atoms with Crippen LogP contribution >= 0.6 is 0 Å². The van der Waals surface area contributed by atoms with Gasteiger partial charge in [-0.05, 0) is 31.9 Å². The second kappa shape index (κ2) is 6.59. The molecule has 5 heteroatoms. The summed E-state index contributed by atoms with van der Waals surface area (Å²) >= 11 is 0. The summed E-state index contributed by atoms with van der Waals surface area (Å²) in [4.78, 5) is 15.9. The van der Waals surface area contributed by atoms with Gasteiger partial charge in [-0.2, -0.15) is 5.26 Å². The number of amides is 1. The van der Waals surface area contributed by atoms with Crippen LogP contribution in [0.1, 0.15) is 37.0 Å². The van der Waals surface area contributed by atoms with E-state index in [9.17, 15) is 9.90 Å². The van der Waals surface area contributed by atoms with Gasteiger partial charge < -0.3 is 14.9 Å². The number of hydrogen-bond acceptors (Lipinski definition) is 4. The van der Waals surface area contributed by atoms with Crippen molar-refractivity contribution in [3.63, 3.8) is 0 Å². The van der Waals surface area contributed by atoms with E-state index < -0.39 is 6.10 Å². The summed E-state index contributed by atoms with van der Waals surface area (Å²) in [5.74, 6) is 0.0916. The second-order valence-electron chi connectivity index (χ2n) is 5.51. The smallest absolute Gasteiger partial charge is 0.242 e. The zero-order valence-electron chi connectivity index (χ0n) is 12.5. The van der Waals surface area contributed by atoms with Crippen LogP contribution in [0.15, 0.2) is 18.2 Å². The van der Waals surface area contributed by atoms with Crippen molar-refractivity contribution in [1.29, 1.82) is 5.26 Å². The van der Waals surface area contributed by atoms with Crippen molar-refractivity contribution in [3.8, 4) is 6.07 Å². The van der Waals surface area contributed by atoms with E-state index in [-0.39, 0.29) is 12.5 Å². The summed E-state index contributed by atoms with van der Waals surface area (Å²) in [5.41, 5.74) is 1.98. The summed E-state index contributed by atoms with van der Waals surface area (Å²) in [6.07, 6.45) is 1.49. The largest absolute Gasteiger partial charge is 0.389 e. The fraction of sp³-hybridized carbons (Fsp3) is 0.500. The van der Waals surface area contributed by atoms with Gasteiger partial charge in [0.25, 0.3) is 0 Å². The maximum atomic E-state index is 12.2. The number of anilines is 1. The van der Waals surface area contributed by atoms with Crippen LogP contribution in [0.25, 0.3) is 0 Å². The van der Waals surface area contributed by atoms with Gasteiger partial charge >= 0.3 is 0 Å². The van der Waals surface area contributed by atoms with E-state index in [0.717, 1.165) is 37.2 Å². The lowest BCUT2D eigenvalue weighted by atomic mass is 10.0. The summed E-state index contributed by atoms with van der Waals surface area (Å²) in [7, 11) is 1.82. The summed E-state index contributed by atoms with van der Waals surface area (Å²) in [6.45, 7) is 3.60. The Morgan fingerprint density at radius 2 is 2.14 bits per heavy atom. The van der Waals surface area contributed by atoms with Crippen molar-refractivity contribution in [2.75, 3.05) is 31.6 Å². The van der Waals surface area contributed by atoms with Crippen molar-refractivity contribution < 1.29 is 9.90 Å². The minimum Gasteiger partial charge on any atom is -0.389 e. The standard InChI is InChI=1S/C16H21N3O2/c1-12(20)14-6-5-13(10-17)9-15(14)18(2)11-16(21)19-7-3-4-8-19/h5-6,9,12,20H,3-4,7-8,11H2,1-2H3. The lowest BCUT2D eigenvalue weighted by Crippen LogP contribution is -2.37. The van der Waals surface area contributed by atoms with Crippen molar-refractivity contribution in [1.82, 2.24) is 4.90 Å². The van der Waals surface area contributed by atoms with Crippen molar-refractivity contribution in [2.24, 2.45) is 0 Å². The highest BCUT2D eigenvalue weighted by molar-refractivity contribution is 5.82. The Morgan fingerprint density at radius 3 is 2.71 bits per heavy atom. The van der Waals surface area contributed by atoms with Crippen molar-refractivity contribution in [2.45, 2.75) is 25.9 Å². The van der Waals surface area contributed by atoms with Gasteiger partial charge in [-0.15, -0.1) is 0 Å². The Labute approximate surface area is 125 Å². The van der Waals surface area contributed by atoms with Gasteiger partial charge in [0, 0.05) is 31.4 Å². The molecule has 1 heterocycles. The molecule has 1 amide bonds. The molecular weight excluding hydrogens is 266 g/mol. The first-order valence-corrected chi connectivity index (χ1v) is 7.24. The predicted molar refractivity (Wildman–Crippen MR) is 80.9 cm³/mol. The van der Waals surface area contributed by atoms with E-state index in [1.807, 2.05) is 16.8 Å². The Hall–Kier alpha value is -2.06. The maximum absolute atomic E-state index is 12.2. The molecule has 0 saturated carbocycles. The monoisotopic (exact) mass is 287 g/mol. The molecule has 1 fully saturated rings. The Bertz CT molecular complexity index is 557. The fourth-order valence-corrected chi connectivity index (χ4v) is 2.65. The number of carbonyl (C=O) groups excluding carboxylic acids is 1. The van der Waals surface area contributed by atoms with Crippen LogP contribution in [0.4, 0.5) is 5.69 Å². The van der Waals surface area contributed by atoms with Gasteiger partial charge in [-0.25, -0.2) is 0 Å². The van der Waals surface area contributed by atoms with Crippen molar-refractivity contribution in [3.05, 3.63) is 29.3 Å². The number of benzene rings is 1. The maximum Gasteiger partial charge on any atom is 0.242 e. The lowest BCUT2D eigenvalue weighted by molar-refractivity contribution is -0.128. The molecule has 0 spiro atoms. The number of hydrogen-bond donors (Lipinski definition) is 1. The van der Waals surface area contributed by atoms with Crippen LogP contribution in [-0.4, -0.2) is 42.6 Å². The van der Waals surface area contributed by atoms with E-state index in [1.165, 1.54) is 0 Å². The molecule has 1 aromatic rings. The molecule has 0 radical (unpaired) electrons. The highest BCUT2D eigenvalue weighted by Crippen LogP contribution is 2.27. The topological polar surface area (TPSA) is 67.6 Å². The van der Waals surface area contributed by atoms with Gasteiger partial charge in [0.2, 0.25) is 5.91 Å².